The Bertz CT molecular complexity index is 1100. The molecule has 10 heteroatoms. The lowest BCUT2D eigenvalue weighted by molar-refractivity contribution is 0.0489. The Kier molecular flexibility index (Phi) is 7.23. The zero-order chi connectivity index (χ0) is 22.8. The molecule has 2 atom stereocenters. The van der Waals surface area contributed by atoms with Crippen molar-refractivity contribution in [2.75, 3.05) is 26.8 Å². The molecule has 8 nitrogen and oxygen atoms in total. The van der Waals surface area contributed by atoms with Crippen molar-refractivity contribution in [3.05, 3.63) is 44.5 Å². The molecule has 31 heavy (non-hydrogen) atoms. The summed E-state index contributed by atoms with van der Waals surface area (Å²) in [6, 6.07) is 4.25. The van der Waals surface area contributed by atoms with Crippen LogP contribution < -0.4 is 9.61 Å². The van der Waals surface area contributed by atoms with E-state index >= 15 is 0 Å². The van der Waals surface area contributed by atoms with Gasteiger partial charge in [-0.25, -0.2) is 13.2 Å². The standard InChI is InChI=1S/C21H28N2O6S2/c1-14-9-15(2)12-22(11-14)31(26,27)19-10-17(5-6-18(19)28-4)20(24)29-8-7-23-16(3)13-30-21(23)25/h5-6,10,13-15H,7-9,11-12H2,1-4H3. The number of piperidine rings is 1. The second kappa shape index (κ2) is 9.54. The van der Waals surface area contributed by atoms with Crippen molar-refractivity contribution in [2.45, 2.75) is 38.6 Å². The van der Waals surface area contributed by atoms with Crippen LogP contribution in [0.2, 0.25) is 0 Å². The molecule has 1 aliphatic heterocycles. The lowest BCUT2D eigenvalue weighted by atomic mass is 9.94. The smallest absolute Gasteiger partial charge is 0.338 e. The van der Waals surface area contributed by atoms with Gasteiger partial charge in [0.1, 0.15) is 17.3 Å². The number of aryl methyl sites for hydroxylation is 1. The van der Waals surface area contributed by atoms with E-state index in [2.05, 4.69) is 0 Å². The maximum atomic E-state index is 13.3. The molecule has 0 saturated carbocycles. The number of ether oxygens (including phenoxy) is 2. The van der Waals surface area contributed by atoms with Crippen LogP contribution in [-0.4, -0.2) is 50.1 Å². The van der Waals surface area contributed by atoms with Gasteiger partial charge in [-0.1, -0.05) is 25.2 Å². The average molecular weight is 469 g/mol. The third-order valence-electron chi connectivity index (χ3n) is 5.38. The van der Waals surface area contributed by atoms with E-state index in [4.69, 9.17) is 9.47 Å². The van der Waals surface area contributed by atoms with E-state index in [0.717, 1.165) is 23.5 Å². The van der Waals surface area contributed by atoms with Gasteiger partial charge in [0.2, 0.25) is 10.0 Å². The molecule has 0 N–H and O–H groups in total. The largest absolute Gasteiger partial charge is 0.495 e. The van der Waals surface area contributed by atoms with Gasteiger partial charge in [0.05, 0.1) is 19.2 Å². The van der Waals surface area contributed by atoms with Crippen LogP contribution in [0.4, 0.5) is 0 Å². The van der Waals surface area contributed by atoms with Crippen LogP contribution in [0.1, 0.15) is 36.3 Å². The van der Waals surface area contributed by atoms with Crippen LogP contribution in [0.3, 0.4) is 0 Å². The van der Waals surface area contributed by atoms with Crippen molar-refractivity contribution in [3.63, 3.8) is 0 Å². The third-order valence-corrected chi connectivity index (χ3v) is 8.11. The molecule has 3 rings (SSSR count). The number of nitrogens with zero attached hydrogens (tertiary/aromatic N) is 2. The fourth-order valence-corrected chi connectivity index (χ4v) is 6.56. The van der Waals surface area contributed by atoms with Crippen molar-refractivity contribution < 1.29 is 22.7 Å². The summed E-state index contributed by atoms with van der Waals surface area (Å²) in [5, 5.41) is 1.74. The van der Waals surface area contributed by atoms with Crippen LogP contribution in [0.25, 0.3) is 0 Å². The number of rotatable bonds is 7. The highest BCUT2D eigenvalue weighted by molar-refractivity contribution is 7.89. The average Bonchev–Trinajstić information content (AvgIpc) is 3.04. The predicted octanol–water partition coefficient (Wildman–Crippen LogP) is 2.75. The Balaban J connectivity index is 1.79. The van der Waals surface area contributed by atoms with Crippen LogP contribution in [0, 0.1) is 18.8 Å². The number of hydrogen-bond acceptors (Lipinski definition) is 7. The summed E-state index contributed by atoms with van der Waals surface area (Å²) < 4.78 is 40.2. The number of hydrogen-bond donors (Lipinski definition) is 0. The quantitative estimate of drug-likeness (QED) is 0.580. The van der Waals surface area contributed by atoms with Crippen LogP contribution in [-0.2, 0) is 21.3 Å². The van der Waals surface area contributed by atoms with E-state index in [1.807, 2.05) is 20.8 Å². The number of carbonyl (C=O) groups is 1. The molecule has 1 aromatic carbocycles. The minimum Gasteiger partial charge on any atom is -0.495 e. The number of carbonyl (C=O) groups excluding carboxylic acids is 1. The fraction of sp³-hybridized carbons (Fsp3) is 0.524. The summed E-state index contributed by atoms with van der Waals surface area (Å²) in [6.45, 7) is 6.98. The van der Waals surface area contributed by atoms with Gasteiger partial charge < -0.3 is 9.47 Å². The zero-order valence-electron chi connectivity index (χ0n) is 18.2. The molecule has 0 spiro atoms. The summed E-state index contributed by atoms with van der Waals surface area (Å²) in [5.41, 5.74) is 0.917. The second-order valence-corrected chi connectivity index (χ2v) is 10.8. The normalized spacial score (nSPS) is 19.9. The molecule has 2 unspecified atom stereocenters. The monoisotopic (exact) mass is 468 g/mol. The highest BCUT2D eigenvalue weighted by Crippen LogP contribution is 2.32. The van der Waals surface area contributed by atoms with Crippen LogP contribution in [0.15, 0.2) is 33.3 Å². The first-order valence-corrected chi connectivity index (χ1v) is 12.5. The molecule has 1 aliphatic rings. The van der Waals surface area contributed by atoms with Gasteiger partial charge in [-0.2, -0.15) is 4.31 Å². The fourth-order valence-electron chi connectivity index (χ4n) is 3.93. The first-order valence-electron chi connectivity index (χ1n) is 10.1. The maximum absolute atomic E-state index is 13.3. The molecule has 170 valence electrons. The number of methoxy groups -OCH3 is 1. The van der Waals surface area contributed by atoms with Gasteiger partial charge in [0.15, 0.2) is 0 Å². The van der Waals surface area contributed by atoms with Crippen molar-refractivity contribution in [1.29, 1.82) is 0 Å². The Morgan fingerprint density at radius 2 is 1.90 bits per heavy atom. The molecular weight excluding hydrogens is 440 g/mol. The van der Waals surface area contributed by atoms with E-state index in [9.17, 15) is 18.0 Å². The Morgan fingerprint density at radius 1 is 1.23 bits per heavy atom. The van der Waals surface area contributed by atoms with Crippen LogP contribution in [0.5, 0.6) is 5.75 Å². The number of sulfonamides is 1. The molecule has 1 aromatic heterocycles. The van der Waals surface area contributed by atoms with Gasteiger partial charge in [-0.15, -0.1) is 0 Å². The number of benzene rings is 1. The molecule has 0 aliphatic carbocycles. The van der Waals surface area contributed by atoms with Gasteiger partial charge in [0, 0.05) is 24.2 Å². The van der Waals surface area contributed by atoms with Gasteiger partial charge in [-0.05, 0) is 43.4 Å². The summed E-state index contributed by atoms with van der Waals surface area (Å²) in [6.07, 6.45) is 0.974. The number of esters is 1. The molecule has 2 aromatic rings. The molecule has 0 bridgehead atoms. The maximum Gasteiger partial charge on any atom is 0.338 e. The Hall–Kier alpha value is -2.17. The molecular formula is C21H28N2O6S2. The predicted molar refractivity (Wildman–Crippen MR) is 118 cm³/mol. The number of aromatic nitrogens is 1. The highest BCUT2D eigenvalue weighted by Gasteiger charge is 2.34. The first kappa shape index (κ1) is 23.5. The van der Waals surface area contributed by atoms with E-state index in [1.54, 1.807) is 5.38 Å². The van der Waals surface area contributed by atoms with Gasteiger partial charge >= 0.3 is 10.8 Å². The minimum atomic E-state index is -3.84. The summed E-state index contributed by atoms with van der Waals surface area (Å²) in [7, 11) is -2.44. The van der Waals surface area contributed by atoms with Crippen LogP contribution >= 0.6 is 11.3 Å². The molecule has 2 heterocycles. The van der Waals surface area contributed by atoms with E-state index in [0.29, 0.717) is 13.1 Å². The second-order valence-electron chi connectivity index (χ2n) is 8.06. The summed E-state index contributed by atoms with van der Waals surface area (Å²) in [5.74, 6) is 0.0339. The van der Waals surface area contributed by atoms with E-state index in [-0.39, 0.29) is 46.1 Å². The van der Waals surface area contributed by atoms with Crippen molar-refractivity contribution >= 4 is 27.3 Å². The molecule has 0 radical (unpaired) electrons. The Labute approximate surface area is 186 Å². The minimum absolute atomic E-state index is 0.00554. The van der Waals surface area contributed by atoms with E-state index in [1.165, 1.54) is 34.2 Å². The topological polar surface area (TPSA) is 94.9 Å². The third kappa shape index (κ3) is 5.19. The molecule has 1 fully saturated rings. The summed E-state index contributed by atoms with van der Waals surface area (Å²) >= 11 is 1.09. The van der Waals surface area contributed by atoms with E-state index < -0.39 is 16.0 Å². The number of thiazole rings is 1. The highest BCUT2D eigenvalue weighted by atomic mass is 32.2. The molecule has 0 amide bonds. The SMILES string of the molecule is COc1ccc(C(=O)OCCn2c(C)csc2=O)cc1S(=O)(=O)N1CC(C)CC(C)C1. The first-order chi connectivity index (χ1) is 14.6. The van der Waals surface area contributed by atoms with Gasteiger partial charge in [-0.3, -0.25) is 9.36 Å². The Morgan fingerprint density at radius 3 is 2.48 bits per heavy atom. The van der Waals surface area contributed by atoms with Crippen molar-refractivity contribution in [3.8, 4) is 5.75 Å². The molecule has 1 saturated heterocycles. The van der Waals surface area contributed by atoms with Crippen molar-refractivity contribution in [1.82, 2.24) is 8.87 Å². The lowest BCUT2D eigenvalue weighted by Crippen LogP contribution is -2.42. The lowest BCUT2D eigenvalue weighted by Gasteiger charge is -2.34. The van der Waals surface area contributed by atoms with Crippen molar-refractivity contribution in [2.24, 2.45) is 11.8 Å². The summed E-state index contributed by atoms with van der Waals surface area (Å²) in [4.78, 5) is 24.1. The zero-order valence-corrected chi connectivity index (χ0v) is 19.8. The van der Waals surface area contributed by atoms with Gasteiger partial charge in [0.25, 0.3) is 0 Å².